The maximum absolute atomic E-state index is 12.3. The summed E-state index contributed by atoms with van der Waals surface area (Å²) in [7, 11) is 0. The molecule has 0 spiro atoms. The average molecular weight is 264 g/mol. The number of hydrogen-bond acceptors (Lipinski definition) is 3. The highest BCUT2D eigenvalue weighted by atomic mass is 32.1. The standard InChI is InChI=1S/C12H16N4OS/c17-11-9-10(14-7-13-9)15-12(18)16(11)6-8-4-2-1-3-5-8/h7-8H,1-6H2,(H,13,14)(H,15,18). The van der Waals surface area contributed by atoms with Gasteiger partial charge in [-0.15, -0.1) is 0 Å². The van der Waals surface area contributed by atoms with Crippen LogP contribution in [0.4, 0.5) is 0 Å². The molecular formula is C12H16N4OS. The average Bonchev–Trinajstić information content (AvgIpc) is 2.84. The first-order valence-corrected chi connectivity index (χ1v) is 6.83. The molecule has 1 saturated carbocycles. The first-order valence-electron chi connectivity index (χ1n) is 6.42. The topological polar surface area (TPSA) is 66.5 Å². The van der Waals surface area contributed by atoms with E-state index in [1.54, 1.807) is 4.57 Å². The molecule has 0 aliphatic heterocycles. The van der Waals surface area contributed by atoms with Crippen LogP contribution in [0.5, 0.6) is 0 Å². The second kappa shape index (κ2) is 4.68. The Balaban J connectivity index is 2.00. The Kier molecular flexibility index (Phi) is 3.03. The van der Waals surface area contributed by atoms with Crippen LogP contribution in [0.2, 0.25) is 0 Å². The molecule has 2 aromatic heterocycles. The second-order valence-corrected chi connectivity index (χ2v) is 5.36. The molecule has 1 aliphatic rings. The summed E-state index contributed by atoms with van der Waals surface area (Å²) < 4.78 is 2.15. The number of nitrogens with one attached hydrogen (secondary N) is 2. The quantitative estimate of drug-likeness (QED) is 0.818. The van der Waals surface area contributed by atoms with Crippen molar-refractivity contribution in [3.05, 3.63) is 21.5 Å². The zero-order valence-electron chi connectivity index (χ0n) is 10.1. The van der Waals surface area contributed by atoms with E-state index in [1.807, 2.05) is 0 Å². The van der Waals surface area contributed by atoms with Gasteiger partial charge in [0.15, 0.2) is 10.4 Å². The molecule has 2 aromatic rings. The number of rotatable bonds is 2. The second-order valence-electron chi connectivity index (χ2n) is 4.98. The monoisotopic (exact) mass is 264 g/mol. The van der Waals surface area contributed by atoms with E-state index in [9.17, 15) is 4.79 Å². The summed E-state index contributed by atoms with van der Waals surface area (Å²) in [6.45, 7) is 0.725. The lowest BCUT2D eigenvalue weighted by atomic mass is 9.89. The lowest BCUT2D eigenvalue weighted by Gasteiger charge is -2.22. The lowest BCUT2D eigenvalue weighted by molar-refractivity contribution is 0.314. The maximum atomic E-state index is 12.3. The van der Waals surface area contributed by atoms with Gasteiger partial charge in [-0.1, -0.05) is 19.3 Å². The Morgan fingerprint density at radius 3 is 2.94 bits per heavy atom. The fraction of sp³-hybridized carbons (Fsp3) is 0.583. The molecule has 18 heavy (non-hydrogen) atoms. The lowest BCUT2D eigenvalue weighted by Crippen LogP contribution is -2.26. The minimum absolute atomic E-state index is 0.0585. The number of hydrogen-bond donors (Lipinski definition) is 2. The summed E-state index contributed by atoms with van der Waals surface area (Å²) in [5, 5.41) is 0. The van der Waals surface area contributed by atoms with E-state index >= 15 is 0 Å². The molecule has 3 rings (SSSR count). The van der Waals surface area contributed by atoms with E-state index < -0.39 is 0 Å². The van der Waals surface area contributed by atoms with Crippen molar-refractivity contribution in [2.45, 2.75) is 38.6 Å². The number of nitrogens with zero attached hydrogens (tertiary/aromatic N) is 2. The van der Waals surface area contributed by atoms with Crippen LogP contribution >= 0.6 is 12.2 Å². The molecule has 96 valence electrons. The fourth-order valence-corrected chi connectivity index (χ4v) is 3.00. The summed E-state index contributed by atoms with van der Waals surface area (Å²) in [6.07, 6.45) is 7.76. The number of imidazole rings is 1. The fourth-order valence-electron chi connectivity index (χ4n) is 2.74. The summed E-state index contributed by atoms with van der Waals surface area (Å²) in [6, 6.07) is 0. The number of fused-ring (bicyclic) bond motifs is 1. The number of H-pyrrole nitrogens is 2. The third-order valence-electron chi connectivity index (χ3n) is 3.73. The highest BCUT2D eigenvalue weighted by Gasteiger charge is 2.16. The first kappa shape index (κ1) is 11.6. The summed E-state index contributed by atoms with van der Waals surface area (Å²) >= 11 is 5.25. The van der Waals surface area contributed by atoms with Crippen molar-refractivity contribution >= 4 is 23.4 Å². The molecule has 0 radical (unpaired) electrons. The van der Waals surface area contributed by atoms with Crippen LogP contribution in [0.15, 0.2) is 11.1 Å². The molecule has 6 heteroatoms. The van der Waals surface area contributed by atoms with Crippen LogP contribution in [0, 0.1) is 10.7 Å². The van der Waals surface area contributed by atoms with Crippen molar-refractivity contribution in [2.75, 3.05) is 0 Å². The van der Waals surface area contributed by atoms with Gasteiger partial charge in [-0.05, 0) is 31.0 Å². The molecule has 0 bridgehead atoms. The van der Waals surface area contributed by atoms with E-state index in [0.717, 1.165) is 6.54 Å². The van der Waals surface area contributed by atoms with Crippen LogP contribution < -0.4 is 5.56 Å². The van der Waals surface area contributed by atoms with Gasteiger partial charge in [-0.2, -0.15) is 0 Å². The Morgan fingerprint density at radius 1 is 1.39 bits per heavy atom. The van der Waals surface area contributed by atoms with Gasteiger partial charge in [0, 0.05) is 6.54 Å². The van der Waals surface area contributed by atoms with Gasteiger partial charge in [-0.25, -0.2) is 4.98 Å². The molecule has 0 aromatic carbocycles. The van der Waals surface area contributed by atoms with Crippen LogP contribution in [0.3, 0.4) is 0 Å². The molecule has 2 N–H and O–H groups in total. The predicted octanol–water partition coefficient (Wildman–Crippen LogP) is 2.36. The summed E-state index contributed by atoms with van der Waals surface area (Å²) in [5.74, 6) is 0.576. The third kappa shape index (κ3) is 2.01. The van der Waals surface area contributed by atoms with Crippen molar-refractivity contribution in [3.63, 3.8) is 0 Å². The highest BCUT2D eigenvalue weighted by Crippen LogP contribution is 2.24. The molecule has 5 nitrogen and oxygen atoms in total. The van der Waals surface area contributed by atoms with Gasteiger partial charge in [0.25, 0.3) is 5.56 Å². The van der Waals surface area contributed by atoms with Gasteiger partial charge in [0.05, 0.1) is 6.33 Å². The molecule has 0 saturated heterocycles. The van der Waals surface area contributed by atoms with E-state index in [0.29, 0.717) is 21.9 Å². The zero-order chi connectivity index (χ0) is 12.5. The molecule has 0 atom stereocenters. The van der Waals surface area contributed by atoms with Crippen molar-refractivity contribution in [2.24, 2.45) is 5.92 Å². The highest BCUT2D eigenvalue weighted by molar-refractivity contribution is 7.71. The minimum atomic E-state index is -0.0585. The van der Waals surface area contributed by atoms with Crippen LogP contribution in [-0.4, -0.2) is 19.5 Å². The van der Waals surface area contributed by atoms with Gasteiger partial charge in [0.2, 0.25) is 0 Å². The molecule has 0 unspecified atom stereocenters. The van der Waals surface area contributed by atoms with Crippen molar-refractivity contribution in [1.82, 2.24) is 19.5 Å². The minimum Gasteiger partial charge on any atom is -0.339 e. The summed E-state index contributed by atoms with van der Waals surface area (Å²) in [4.78, 5) is 22.2. The Bertz CT molecular complexity index is 663. The van der Waals surface area contributed by atoms with Gasteiger partial charge in [0.1, 0.15) is 5.52 Å². The van der Waals surface area contributed by atoms with Crippen LogP contribution in [0.1, 0.15) is 32.1 Å². The van der Waals surface area contributed by atoms with E-state index in [-0.39, 0.29) is 5.56 Å². The molecule has 1 aliphatic carbocycles. The van der Waals surface area contributed by atoms with E-state index in [1.165, 1.54) is 38.4 Å². The van der Waals surface area contributed by atoms with Gasteiger partial charge in [-0.3, -0.25) is 9.36 Å². The molecule has 1 fully saturated rings. The van der Waals surface area contributed by atoms with Gasteiger partial charge < -0.3 is 9.97 Å². The number of aromatic amines is 2. The smallest absolute Gasteiger partial charge is 0.280 e. The largest absolute Gasteiger partial charge is 0.339 e. The third-order valence-corrected chi connectivity index (χ3v) is 4.06. The predicted molar refractivity (Wildman–Crippen MR) is 72.1 cm³/mol. The van der Waals surface area contributed by atoms with Crippen molar-refractivity contribution in [1.29, 1.82) is 0 Å². The van der Waals surface area contributed by atoms with Crippen molar-refractivity contribution < 1.29 is 0 Å². The Hall–Kier alpha value is -1.43. The SMILES string of the molecule is O=c1c2[nH]cnc2[nH]c(=S)n1CC1CCCCC1. The molecular weight excluding hydrogens is 248 g/mol. The number of aromatic nitrogens is 4. The molecule has 0 amide bonds. The first-order chi connectivity index (χ1) is 8.75. The zero-order valence-corrected chi connectivity index (χ0v) is 10.9. The van der Waals surface area contributed by atoms with Crippen LogP contribution in [-0.2, 0) is 6.54 Å². The van der Waals surface area contributed by atoms with Crippen LogP contribution in [0.25, 0.3) is 11.2 Å². The summed E-state index contributed by atoms with van der Waals surface area (Å²) in [5.41, 5.74) is 1.00. The van der Waals surface area contributed by atoms with Crippen molar-refractivity contribution in [3.8, 4) is 0 Å². The Morgan fingerprint density at radius 2 is 2.17 bits per heavy atom. The van der Waals surface area contributed by atoms with E-state index in [2.05, 4.69) is 15.0 Å². The molecule has 2 heterocycles. The maximum Gasteiger partial charge on any atom is 0.280 e. The van der Waals surface area contributed by atoms with Gasteiger partial charge >= 0.3 is 0 Å². The normalized spacial score (nSPS) is 17.3. The van der Waals surface area contributed by atoms with E-state index in [4.69, 9.17) is 12.2 Å². The Labute approximate surface area is 109 Å².